The van der Waals surface area contributed by atoms with E-state index in [2.05, 4.69) is 9.47 Å². The van der Waals surface area contributed by atoms with Crippen molar-refractivity contribution in [1.29, 1.82) is 0 Å². The summed E-state index contributed by atoms with van der Waals surface area (Å²) in [5.41, 5.74) is 0. The minimum atomic E-state index is -5.84. The Kier molecular flexibility index (Phi) is 14.0. The third kappa shape index (κ3) is 11.4. The fourth-order valence-electron chi connectivity index (χ4n) is 1.16. The third-order valence-corrected chi connectivity index (χ3v) is 2.82. The topological polar surface area (TPSA) is 78.9 Å². The number of ether oxygens (including phenoxy) is 3. The number of alkyl halides is 5. The van der Waals surface area contributed by atoms with Gasteiger partial charge in [0.05, 0.1) is 12.8 Å². The molecule has 0 saturated carbocycles. The van der Waals surface area contributed by atoms with Crippen LogP contribution in [0.2, 0.25) is 0 Å². The number of halogens is 5. The van der Waals surface area contributed by atoms with Crippen molar-refractivity contribution in [3.05, 3.63) is 5.92 Å². The number of carbonyl (C=O) groups excluding carboxylic acids is 3. The van der Waals surface area contributed by atoms with Crippen LogP contribution < -0.4 is 58.2 Å². The zero-order chi connectivity index (χ0) is 19.7. The van der Waals surface area contributed by atoms with Gasteiger partial charge in [0.15, 0.2) is 12.6 Å². The van der Waals surface area contributed by atoms with E-state index in [1.807, 2.05) is 0 Å². The molecule has 0 unspecified atom stereocenters. The van der Waals surface area contributed by atoms with Gasteiger partial charge in [-0.25, -0.2) is 0 Å². The molecule has 0 amide bonds. The summed E-state index contributed by atoms with van der Waals surface area (Å²) in [5, 5.41) is 0. The first-order chi connectivity index (χ1) is 11.4. The van der Waals surface area contributed by atoms with Crippen molar-refractivity contribution < 1.29 is 109 Å². The molecular weight excluding hydrogens is 445 g/mol. The molecule has 146 valence electrons. The van der Waals surface area contributed by atoms with Crippen LogP contribution >= 0.6 is 0 Å². The molecule has 0 aliphatic rings. The Morgan fingerprint density at radius 1 is 0.885 bits per heavy atom. The Balaban J connectivity index is 0. The summed E-state index contributed by atoms with van der Waals surface area (Å²) in [4.78, 5) is 33.5. The van der Waals surface area contributed by atoms with Crippen LogP contribution in [0.1, 0.15) is 33.1 Å². The second kappa shape index (κ2) is 13.0. The molecule has 6 nitrogen and oxygen atoms in total. The third-order valence-electron chi connectivity index (χ3n) is 2.82. The van der Waals surface area contributed by atoms with Crippen molar-refractivity contribution in [2.45, 2.75) is 45.2 Å². The van der Waals surface area contributed by atoms with Crippen LogP contribution in [0.25, 0.3) is 0 Å². The standard InChI is InChI=1S/C14H18F5O6.Rb/c1-3-9(2)12(22)24-7-6-23-10(20)4-5-11(21)25-8-13(15,16)14(17,18)19;/h3-8H2,1-2H3;/q-1;+1. The normalized spacial score (nSPS) is 11.2. The fraction of sp³-hybridized carbons (Fsp3) is 0.714. The van der Waals surface area contributed by atoms with Crippen LogP contribution in [0.5, 0.6) is 0 Å². The molecule has 0 radical (unpaired) electrons. The van der Waals surface area contributed by atoms with Gasteiger partial charge in [-0.1, -0.05) is 6.92 Å². The first-order valence-corrected chi connectivity index (χ1v) is 7.16. The first kappa shape index (κ1) is 27.9. The van der Waals surface area contributed by atoms with Crippen molar-refractivity contribution in [2.24, 2.45) is 0 Å². The van der Waals surface area contributed by atoms with E-state index in [9.17, 15) is 36.3 Å². The van der Waals surface area contributed by atoms with E-state index in [1.54, 1.807) is 13.8 Å². The molecule has 26 heavy (non-hydrogen) atoms. The summed E-state index contributed by atoms with van der Waals surface area (Å²) in [5.74, 6) is -7.56. The fourth-order valence-corrected chi connectivity index (χ4v) is 1.16. The van der Waals surface area contributed by atoms with E-state index >= 15 is 0 Å². The average molecular weight is 463 g/mol. The molecule has 12 heteroatoms. The van der Waals surface area contributed by atoms with Crippen molar-refractivity contribution in [1.82, 2.24) is 0 Å². The SMILES string of the molecule is CC[C-](C)C(=O)OCCOC(=O)CCC(=O)OCC(F)(F)C(F)(F)F.[Rb+]. The van der Waals surface area contributed by atoms with Gasteiger partial charge in [0.1, 0.15) is 13.2 Å². The molecule has 0 aliphatic carbocycles. The van der Waals surface area contributed by atoms with E-state index < -0.39 is 49.5 Å². The van der Waals surface area contributed by atoms with Crippen LogP contribution in [-0.2, 0) is 28.6 Å². The van der Waals surface area contributed by atoms with Crippen LogP contribution in [0.3, 0.4) is 0 Å². The number of carbonyl (C=O) groups is 3. The Morgan fingerprint density at radius 2 is 1.35 bits per heavy atom. The molecule has 0 rings (SSSR count). The van der Waals surface area contributed by atoms with Crippen molar-refractivity contribution in [2.75, 3.05) is 19.8 Å². The van der Waals surface area contributed by atoms with Gasteiger partial charge in [-0.05, 0) is 0 Å². The smallest absolute Gasteiger partial charge is 0.484 e. The molecule has 0 aromatic rings. The van der Waals surface area contributed by atoms with Gasteiger partial charge in [-0.2, -0.15) is 35.3 Å². The number of hydrogen-bond acceptors (Lipinski definition) is 6. The second-order valence-corrected chi connectivity index (χ2v) is 4.85. The molecule has 0 aromatic carbocycles. The monoisotopic (exact) mass is 462 g/mol. The minimum Gasteiger partial charge on any atom is -0.484 e. The van der Waals surface area contributed by atoms with Gasteiger partial charge in [0.2, 0.25) is 0 Å². The Hall–Kier alpha value is -0.265. The van der Waals surface area contributed by atoms with E-state index in [4.69, 9.17) is 4.74 Å². The number of esters is 3. The summed E-state index contributed by atoms with van der Waals surface area (Å²) < 4.78 is 73.7. The molecule has 0 heterocycles. The summed E-state index contributed by atoms with van der Waals surface area (Å²) in [6.07, 6.45) is -6.65. The maximum absolute atomic E-state index is 12.5. The maximum atomic E-state index is 12.5. The summed E-state index contributed by atoms with van der Waals surface area (Å²) in [7, 11) is 0. The molecule has 0 N–H and O–H groups in total. The van der Waals surface area contributed by atoms with Gasteiger partial charge in [0, 0.05) is 0 Å². The van der Waals surface area contributed by atoms with Crippen LogP contribution in [0.4, 0.5) is 22.0 Å². The Bertz CT molecular complexity index is 469. The Morgan fingerprint density at radius 3 is 1.81 bits per heavy atom. The average Bonchev–Trinajstić information content (AvgIpc) is 2.52. The zero-order valence-electron chi connectivity index (χ0n) is 14.6. The molecular formula is C14H18F5O6Rb. The van der Waals surface area contributed by atoms with Gasteiger partial charge >= 0.3 is 82.2 Å². The van der Waals surface area contributed by atoms with Gasteiger partial charge < -0.3 is 14.2 Å². The number of rotatable bonds is 10. The van der Waals surface area contributed by atoms with Crippen LogP contribution in [0.15, 0.2) is 0 Å². The van der Waals surface area contributed by atoms with Crippen molar-refractivity contribution >= 4 is 17.9 Å². The van der Waals surface area contributed by atoms with E-state index in [0.29, 0.717) is 12.3 Å². The van der Waals surface area contributed by atoms with Gasteiger partial charge in [-0.15, -0.1) is 0 Å². The molecule has 0 saturated heterocycles. The second-order valence-electron chi connectivity index (χ2n) is 4.85. The Labute approximate surface area is 195 Å². The molecule has 0 fully saturated rings. The maximum Gasteiger partial charge on any atom is 1.00 e. The number of hydrogen-bond donors (Lipinski definition) is 0. The molecule has 0 bridgehead atoms. The first-order valence-electron chi connectivity index (χ1n) is 7.16. The van der Waals surface area contributed by atoms with Crippen LogP contribution in [0, 0.1) is 5.92 Å². The van der Waals surface area contributed by atoms with Gasteiger partial charge in [0.25, 0.3) is 0 Å². The predicted octanol–water partition coefficient (Wildman–Crippen LogP) is -0.398. The molecule has 0 aromatic heterocycles. The van der Waals surface area contributed by atoms with Crippen molar-refractivity contribution in [3.63, 3.8) is 0 Å². The summed E-state index contributed by atoms with van der Waals surface area (Å²) in [6.45, 7) is 0.656. The minimum absolute atomic E-state index is 0. The van der Waals surface area contributed by atoms with Crippen LogP contribution in [-0.4, -0.2) is 49.8 Å². The van der Waals surface area contributed by atoms with E-state index in [0.717, 1.165) is 0 Å². The van der Waals surface area contributed by atoms with E-state index in [1.165, 1.54) is 0 Å². The summed E-state index contributed by atoms with van der Waals surface area (Å²) in [6, 6.07) is 0. The molecule has 0 spiro atoms. The quantitative estimate of drug-likeness (QED) is 0.145. The molecule has 0 aliphatic heterocycles. The molecule has 0 atom stereocenters. The van der Waals surface area contributed by atoms with Crippen molar-refractivity contribution in [3.8, 4) is 0 Å². The predicted molar refractivity (Wildman–Crippen MR) is 72.3 cm³/mol. The van der Waals surface area contributed by atoms with E-state index in [-0.39, 0.29) is 71.4 Å². The largest absolute Gasteiger partial charge is 1.00 e. The van der Waals surface area contributed by atoms with Gasteiger partial charge in [-0.3, -0.25) is 20.3 Å². The zero-order valence-corrected chi connectivity index (χ0v) is 19.5. The summed E-state index contributed by atoms with van der Waals surface area (Å²) >= 11 is 0.